The molecule has 1 aliphatic carbocycles. The van der Waals surface area contributed by atoms with Crippen LogP contribution in [-0.4, -0.2) is 56.2 Å². The van der Waals surface area contributed by atoms with Gasteiger partial charge in [0, 0.05) is 51.0 Å². The lowest BCUT2D eigenvalue weighted by atomic mass is 10.1. The van der Waals surface area contributed by atoms with E-state index in [1.807, 2.05) is 24.2 Å². The fourth-order valence-corrected chi connectivity index (χ4v) is 3.24. The summed E-state index contributed by atoms with van der Waals surface area (Å²) in [6, 6.07) is 2.10. The van der Waals surface area contributed by atoms with E-state index in [9.17, 15) is 4.79 Å². The summed E-state index contributed by atoms with van der Waals surface area (Å²) in [6.07, 6.45) is 7.66. The number of carbonyl (C=O) groups is 1. The van der Waals surface area contributed by atoms with Crippen molar-refractivity contribution in [1.82, 2.24) is 24.6 Å². The Hall–Kier alpha value is -2.44. The summed E-state index contributed by atoms with van der Waals surface area (Å²) >= 11 is 0. The van der Waals surface area contributed by atoms with E-state index in [4.69, 9.17) is 4.98 Å². The second kappa shape index (κ2) is 5.89. The molecule has 0 aromatic carbocycles. The second-order valence-corrected chi connectivity index (χ2v) is 6.74. The van der Waals surface area contributed by atoms with Gasteiger partial charge in [0.1, 0.15) is 11.6 Å². The first-order chi connectivity index (χ1) is 11.6. The summed E-state index contributed by atoms with van der Waals surface area (Å²) in [5, 5.41) is 4.09. The zero-order valence-corrected chi connectivity index (χ0v) is 14.1. The van der Waals surface area contributed by atoms with Crippen LogP contribution in [0.4, 0.5) is 5.82 Å². The Bertz CT molecular complexity index is 753. The lowest BCUT2D eigenvalue weighted by Gasteiger charge is -2.40. The molecule has 0 bridgehead atoms. The SMILES string of the molecule is CC1CN(c2ccnc(C3CC3)n2)CCN1C(=O)c1cnn(C)c1. The Balaban J connectivity index is 1.46. The van der Waals surface area contributed by atoms with Crippen LogP contribution in [0, 0.1) is 0 Å². The molecular formula is C17H22N6O. The zero-order valence-electron chi connectivity index (χ0n) is 14.1. The molecule has 1 saturated carbocycles. The van der Waals surface area contributed by atoms with Gasteiger partial charge in [-0.25, -0.2) is 9.97 Å². The Labute approximate surface area is 141 Å². The van der Waals surface area contributed by atoms with E-state index in [-0.39, 0.29) is 11.9 Å². The number of amides is 1. The fraction of sp³-hybridized carbons (Fsp3) is 0.529. The second-order valence-electron chi connectivity index (χ2n) is 6.74. The van der Waals surface area contributed by atoms with E-state index < -0.39 is 0 Å². The number of anilines is 1. The molecule has 2 aliphatic rings. The molecule has 2 fully saturated rings. The Morgan fingerprint density at radius 1 is 1.29 bits per heavy atom. The van der Waals surface area contributed by atoms with Gasteiger partial charge in [-0.15, -0.1) is 0 Å². The molecule has 0 radical (unpaired) electrons. The van der Waals surface area contributed by atoms with Crippen LogP contribution in [0.1, 0.15) is 41.9 Å². The maximum atomic E-state index is 12.6. The molecule has 1 atom stereocenters. The van der Waals surface area contributed by atoms with Crippen molar-refractivity contribution in [1.29, 1.82) is 0 Å². The van der Waals surface area contributed by atoms with Gasteiger partial charge in [-0.3, -0.25) is 9.48 Å². The van der Waals surface area contributed by atoms with E-state index in [2.05, 4.69) is 21.9 Å². The molecule has 3 heterocycles. The van der Waals surface area contributed by atoms with Crippen LogP contribution in [0.2, 0.25) is 0 Å². The third kappa shape index (κ3) is 2.86. The summed E-state index contributed by atoms with van der Waals surface area (Å²) in [6.45, 7) is 4.35. The molecule has 1 saturated heterocycles. The maximum Gasteiger partial charge on any atom is 0.257 e. The lowest BCUT2D eigenvalue weighted by Crippen LogP contribution is -2.54. The van der Waals surface area contributed by atoms with E-state index in [1.54, 1.807) is 17.1 Å². The molecule has 126 valence electrons. The first-order valence-corrected chi connectivity index (χ1v) is 8.49. The standard InChI is InChI=1S/C17H22N6O/c1-12-10-22(15-5-6-18-16(20-15)13-3-4-13)7-8-23(12)17(24)14-9-19-21(2)11-14/h5-6,9,11-13H,3-4,7-8,10H2,1-2H3. The van der Waals surface area contributed by atoms with Gasteiger partial charge in [-0.2, -0.15) is 5.10 Å². The van der Waals surface area contributed by atoms with Crippen molar-refractivity contribution >= 4 is 11.7 Å². The van der Waals surface area contributed by atoms with Crippen molar-refractivity contribution in [2.75, 3.05) is 24.5 Å². The molecule has 1 aliphatic heterocycles. The Morgan fingerprint density at radius 3 is 2.79 bits per heavy atom. The van der Waals surface area contributed by atoms with Crippen LogP contribution in [0.3, 0.4) is 0 Å². The predicted molar refractivity (Wildman–Crippen MR) is 89.9 cm³/mol. The maximum absolute atomic E-state index is 12.6. The third-order valence-corrected chi connectivity index (χ3v) is 4.77. The van der Waals surface area contributed by atoms with Crippen molar-refractivity contribution in [2.24, 2.45) is 7.05 Å². The fourth-order valence-electron chi connectivity index (χ4n) is 3.24. The van der Waals surface area contributed by atoms with Crippen LogP contribution in [0.5, 0.6) is 0 Å². The van der Waals surface area contributed by atoms with Gasteiger partial charge in [-0.05, 0) is 25.8 Å². The summed E-state index contributed by atoms with van der Waals surface area (Å²) in [4.78, 5) is 25.9. The van der Waals surface area contributed by atoms with Crippen LogP contribution < -0.4 is 4.90 Å². The molecule has 2 aromatic rings. The highest BCUT2D eigenvalue weighted by Gasteiger charge is 2.31. The molecule has 7 heteroatoms. The number of nitrogens with zero attached hydrogens (tertiary/aromatic N) is 6. The minimum Gasteiger partial charge on any atom is -0.353 e. The molecule has 2 aromatic heterocycles. The quantitative estimate of drug-likeness (QED) is 0.854. The molecule has 1 unspecified atom stereocenters. The van der Waals surface area contributed by atoms with Crippen molar-refractivity contribution in [3.63, 3.8) is 0 Å². The summed E-state index contributed by atoms with van der Waals surface area (Å²) in [5.41, 5.74) is 0.649. The van der Waals surface area contributed by atoms with Crippen molar-refractivity contribution in [2.45, 2.75) is 31.7 Å². The van der Waals surface area contributed by atoms with Gasteiger partial charge in [0.05, 0.1) is 11.8 Å². The highest BCUT2D eigenvalue weighted by Crippen LogP contribution is 2.38. The smallest absolute Gasteiger partial charge is 0.257 e. The minimum atomic E-state index is 0.0524. The minimum absolute atomic E-state index is 0.0524. The number of rotatable bonds is 3. The van der Waals surface area contributed by atoms with E-state index in [1.165, 1.54) is 12.8 Å². The highest BCUT2D eigenvalue weighted by molar-refractivity contribution is 5.94. The topological polar surface area (TPSA) is 67.2 Å². The summed E-state index contributed by atoms with van der Waals surface area (Å²) in [7, 11) is 1.82. The van der Waals surface area contributed by atoms with E-state index >= 15 is 0 Å². The van der Waals surface area contributed by atoms with Gasteiger partial charge >= 0.3 is 0 Å². The van der Waals surface area contributed by atoms with E-state index in [0.29, 0.717) is 18.0 Å². The molecule has 1 amide bonds. The zero-order chi connectivity index (χ0) is 16.7. The monoisotopic (exact) mass is 326 g/mol. The van der Waals surface area contributed by atoms with Crippen LogP contribution >= 0.6 is 0 Å². The molecule has 0 spiro atoms. The summed E-state index contributed by atoms with van der Waals surface area (Å²) < 4.78 is 1.66. The van der Waals surface area contributed by atoms with Crippen LogP contribution in [0.15, 0.2) is 24.7 Å². The number of hydrogen-bond donors (Lipinski definition) is 0. The molecular weight excluding hydrogens is 304 g/mol. The predicted octanol–water partition coefficient (Wildman–Crippen LogP) is 1.44. The first-order valence-electron chi connectivity index (χ1n) is 8.49. The van der Waals surface area contributed by atoms with Gasteiger partial charge in [0.15, 0.2) is 0 Å². The highest BCUT2D eigenvalue weighted by atomic mass is 16.2. The lowest BCUT2D eigenvalue weighted by molar-refractivity contribution is 0.0673. The normalized spacial score (nSPS) is 21.2. The first kappa shape index (κ1) is 15.1. The molecule has 24 heavy (non-hydrogen) atoms. The van der Waals surface area contributed by atoms with E-state index in [0.717, 1.165) is 24.7 Å². The van der Waals surface area contributed by atoms with Crippen molar-refractivity contribution in [3.8, 4) is 0 Å². The largest absolute Gasteiger partial charge is 0.353 e. The van der Waals surface area contributed by atoms with Crippen molar-refractivity contribution < 1.29 is 4.79 Å². The van der Waals surface area contributed by atoms with Gasteiger partial charge in [-0.1, -0.05) is 0 Å². The van der Waals surface area contributed by atoms with Gasteiger partial charge in [0.2, 0.25) is 0 Å². The van der Waals surface area contributed by atoms with Gasteiger partial charge < -0.3 is 9.80 Å². The molecule has 4 rings (SSSR count). The van der Waals surface area contributed by atoms with Crippen LogP contribution in [0.25, 0.3) is 0 Å². The number of carbonyl (C=O) groups excluding carboxylic acids is 1. The average Bonchev–Trinajstić information content (AvgIpc) is 3.36. The van der Waals surface area contributed by atoms with Gasteiger partial charge in [0.25, 0.3) is 5.91 Å². The van der Waals surface area contributed by atoms with Crippen molar-refractivity contribution in [3.05, 3.63) is 36.0 Å². The number of aryl methyl sites for hydroxylation is 1. The Morgan fingerprint density at radius 2 is 2.12 bits per heavy atom. The van der Waals surface area contributed by atoms with Crippen LogP contribution in [-0.2, 0) is 7.05 Å². The molecule has 7 nitrogen and oxygen atoms in total. The number of piperazine rings is 1. The number of hydrogen-bond acceptors (Lipinski definition) is 5. The number of aromatic nitrogens is 4. The molecule has 0 N–H and O–H groups in total. The third-order valence-electron chi connectivity index (χ3n) is 4.77. The average molecular weight is 326 g/mol. The Kier molecular flexibility index (Phi) is 3.70. The summed E-state index contributed by atoms with van der Waals surface area (Å²) in [5.74, 6) is 2.55.